The zero-order valence-electron chi connectivity index (χ0n) is 10.6. The van der Waals surface area contributed by atoms with Crippen LogP contribution in [-0.4, -0.2) is 39.5 Å². The Hall–Kier alpha value is -0.120. The minimum Gasteiger partial charge on any atom is -0.380 e. The van der Waals surface area contributed by atoms with Crippen LogP contribution in [0, 0.1) is 5.92 Å². The molecule has 15 heavy (non-hydrogen) atoms. The van der Waals surface area contributed by atoms with Crippen LogP contribution < -0.4 is 5.32 Å². The van der Waals surface area contributed by atoms with Gasteiger partial charge in [0.25, 0.3) is 0 Å². The van der Waals surface area contributed by atoms with E-state index in [4.69, 9.17) is 9.47 Å². The fraction of sp³-hybridized carbons (Fsp3) is 1.00. The van der Waals surface area contributed by atoms with Crippen LogP contribution in [0.3, 0.4) is 0 Å². The molecule has 0 heterocycles. The number of rotatable bonds is 11. The zero-order chi connectivity index (χ0) is 11.4. The van der Waals surface area contributed by atoms with Crippen molar-refractivity contribution in [2.24, 2.45) is 5.92 Å². The molecule has 0 saturated carbocycles. The van der Waals surface area contributed by atoms with Crippen molar-refractivity contribution in [1.82, 2.24) is 5.32 Å². The molecule has 1 unspecified atom stereocenters. The smallest absolute Gasteiger partial charge is 0.0591 e. The van der Waals surface area contributed by atoms with Gasteiger partial charge in [0.1, 0.15) is 0 Å². The summed E-state index contributed by atoms with van der Waals surface area (Å²) in [6.45, 7) is 11.6. The van der Waals surface area contributed by atoms with Gasteiger partial charge in [-0.2, -0.15) is 0 Å². The van der Waals surface area contributed by atoms with Gasteiger partial charge in [0.2, 0.25) is 0 Å². The summed E-state index contributed by atoms with van der Waals surface area (Å²) in [7, 11) is 0. The quantitative estimate of drug-likeness (QED) is 0.537. The van der Waals surface area contributed by atoms with Crippen LogP contribution in [-0.2, 0) is 9.47 Å². The first-order valence-electron chi connectivity index (χ1n) is 6.17. The fourth-order valence-corrected chi connectivity index (χ4v) is 1.42. The van der Waals surface area contributed by atoms with E-state index >= 15 is 0 Å². The third kappa shape index (κ3) is 11.8. The summed E-state index contributed by atoms with van der Waals surface area (Å²) in [5, 5.41) is 3.28. The Morgan fingerprint density at radius 1 is 1.07 bits per heavy atom. The Bertz CT molecular complexity index is 120. The highest BCUT2D eigenvalue weighted by Gasteiger charge is 1.99. The fourth-order valence-electron chi connectivity index (χ4n) is 1.42. The molecule has 1 N–H and O–H groups in total. The van der Waals surface area contributed by atoms with E-state index in [1.807, 2.05) is 6.92 Å². The SMILES string of the molecule is CCCC(C)COCCNCCOCC. The first kappa shape index (κ1) is 14.9. The van der Waals surface area contributed by atoms with Crippen molar-refractivity contribution in [3.8, 4) is 0 Å². The Labute approximate surface area is 94.5 Å². The van der Waals surface area contributed by atoms with Crippen LogP contribution in [0.15, 0.2) is 0 Å². The molecule has 0 rings (SSSR count). The van der Waals surface area contributed by atoms with E-state index in [-0.39, 0.29) is 0 Å². The van der Waals surface area contributed by atoms with Gasteiger partial charge in [-0.3, -0.25) is 0 Å². The van der Waals surface area contributed by atoms with E-state index in [2.05, 4.69) is 19.2 Å². The highest BCUT2D eigenvalue weighted by Crippen LogP contribution is 2.04. The lowest BCUT2D eigenvalue weighted by atomic mass is 10.1. The van der Waals surface area contributed by atoms with Gasteiger partial charge >= 0.3 is 0 Å². The average Bonchev–Trinajstić information content (AvgIpc) is 2.22. The molecule has 0 spiro atoms. The van der Waals surface area contributed by atoms with Crippen molar-refractivity contribution < 1.29 is 9.47 Å². The van der Waals surface area contributed by atoms with Crippen LogP contribution in [0.4, 0.5) is 0 Å². The third-order valence-corrected chi connectivity index (χ3v) is 2.23. The van der Waals surface area contributed by atoms with Crippen molar-refractivity contribution in [3.05, 3.63) is 0 Å². The standard InChI is InChI=1S/C12H27NO2/c1-4-6-12(3)11-15-10-8-13-7-9-14-5-2/h12-13H,4-11H2,1-3H3. The minimum absolute atomic E-state index is 0.693. The summed E-state index contributed by atoms with van der Waals surface area (Å²) in [4.78, 5) is 0. The second-order valence-electron chi connectivity index (χ2n) is 3.92. The number of hydrogen-bond donors (Lipinski definition) is 1. The molecule has 0 saturated heterocycles. The highest BCUT2D eigenvalue weighted by molar-refractivity contribution is 4.50. The summed E-state index contributed by atoms with van der Waals surface area (Å²) in [5.41, 5.74) is 0. The maximum atomic E-state index is 5.55. The second-order valence-corrected chi connectivity index (χ2v) is 3.92. The average molecular weight is 217 g/mol. The third-order valence-electron chi connectivity index (χ3n) is 2.23. The number of nitrogens with one attached hydrogen (secondary N) is 1. The summed E-state index contributed by atoms with van der Waals surface area (Å²) >= 11 is 0. The van der Waals surface area contributed by atoms with E-state index in [0.29, 0.717) is 5.92 Å². The lowest BCUT2D eigenvalue weighted by Crippen LogP contribution is -2.24. The van der Waals surface area contributed by atoms with Crippen molar-refractivity contribution in [3.63, 3.8) is 0 Å². The van der Waals surface area contributed by atoms with E-state index in [1.54, 1.807) is 0 Å². The van der Waals surface area contributed by atoms with Crippen molar-refractivity contribution in [2.45, 2.75) is 33.6 Å². The Balaban J connectivity index is 2.98. The van der Waals surface area contributed by atoms with E-state index in [1.165, 1.54) is 12.8 Å². The molecule has 0 aliphatic rings. The van der Waals surface area contributed by atoms with E-state index in [9.17, 15) is 0 Å². The van der Waals surface area contributed by atoms with Gasteiger partial charge in [-0.15, -0.1) is 0 Å². The molecule has 3 nitrogen and oxygen atoms in total. The molecule has 0 radical (unpaired) electrons. The van der Waals surface area contributed by atoms with E-state index in [0.717, 1.165) is 39.5 Å². The Morgan fingerprint density at radius 3 is 2.33 bits per heavy atom. The summed E-state index contributed by atoms with van der Waals surface area (Å²) in [6, 6.07) is 0. The van der Waals surface area contributed by atoms with Crippen molar-refractivity contribution >= 4 is 0 Å². The largest absolute Gasteiger partial charge is 0.380 e. The molecule has 3 heteroatoms. The molecule has 0 fully saturated rings. The molecule has 0 amide bonds. The first-order valence-corrected chi connectivity index (χ1v) is 6.17. The zero-order valence-corrected chi connectivity index (χ0v) is 10.6. The molecule has 0 aromatic carbocycles. The highest BCUT2D eigenvalue weighted by atomic mass is 16.5. The minimum atomic E-state index is 0.693. The molecule has 0 aliphatic heterocycles. The molecular formula is C12H27NO2. The molecule has 0 aromatic rings. The summed E-state index contributed by atoms with van der Waals surface area (Å²) < 4.78 is 10.8. The first-order chi connectivity index (χ1) is 7.31. The topological polar surface area (TPSA) is 30.5 Å². The second kappa shape index (κ2) is 12.0. The normalized spacial score (nSPS) is 13.0. The van der Waals surface area contributed by atoms with Gasteiger partial charge in [-0.25, -0.2) is 0 Å². The van der Waals surface area contributed by atoms with Crippen molar-refractivity contribution in [1.29, 1.82) is 0 Å². The van der Waals surface area contributed by atoms with Gasteiger partial charge < -0.3 is 14.8 Å². The Kier molecular flexibility index (Phi) is 11.9. The monoisotopic (exact) mass is 217 g/mol. The summed E-state index contributed by atoms with van der Waals surface area (Å²) in [5.74, 6) is 0.693. The number of ether oxygens (including phenoxy) is 2. The van der Waals surface area contributed by atoms with Crippen LogP contribution in [0.25, 0.3) is 0 Å². The Morgan fingerprint density at radius 2 is 1.73 bits per heavy atom. The maximum Gasteiger partial charge on any atom is 0.0591 e. The van der Waals surface area contributed by atoms with Gasteiger partial charge in [-0.1, -0.05) is 20.3 Å². The molecule has 0 bridgehead atoms. The molecule has 0 aliphatic carbocycles. The van der Waals surface area contributed by atoms with Crippen LogP contribution >= 0.6 is 0 Å². The molecule has 0 aromatic heterocycles. The van der Waals surface area contributed by atoms with Gasteiger partial charge in [0.05, 0.1) is 13.2 Å². The summed E-state index contributed by atoms with van der Waals surface area (Å²) in [6.07, 6.45) is 2.51. The van der Waals surface area contributed by atoms with Crippen LogP contribution in [0.1, 0.15) is 33.6 Å². The lowest BCUT2D eigenvalue weighted by Gasteiger charge is -2.11. The van der Waals surface area contributed by atoms with Crippen LogP contribution in [0.2, 0.25) is 0 Å². The van der Waals surface area contributed by atoms with E-state index < -0.39 is 0 Å². The van der Waals surface area contributed by atoms with Gasteiger partial charge in [0.15, 0.2) is 0 Å². The number of hydrogen-bond acceptors (Lipinski definition) is 3. The lowest BCUT2D eigenvalue weighted by molar-refractivity contribution is 0.100. The molecule has 92 valence electrons. The van der Waals surface area contributed by atoms with Gasteiger partial charge in [-0.05, 0) is 19.3 Å². The predicted molar refractivity (Wildman–Crippen MR) is 64.3 cm³/mol. The molecular weight excluding hydrogens is 190 g/mol. The predicted octanol–water partition coefficient (Wildman–Crippen LogP) is 2.07. The van der Waals surface area contributed by atoms with Crippen LogP contribution in [0.5, 0.6) is 0 Å². The van der Waals surface area contributed by atoms with Crippen molar-refractivity contribution in [2.75, 3.05) is 39.5 Å². The maximum absolute atomic E-state index is 5.55. The van der Waals surface area contributed by atoms with Gasteiger partial charge in [0, 0.05) is 26.3 Å². The molecule has 1 atom stereocenters.